The zero-order chi connectivity index (χ0) is 17.0. The van der Waals surface area contributed by atoms with Crippen molar-refractivity contribution in [2.24, 2.45) is 0 Å². The van der Waals surface area contributed by atoms with Gasteiger partial charge in [0.25, 0.3) is 0 Å². The van der Waals surface area contributed by atoms with E-state index in [4.69, 9.17) is 0 Å². The number of nitrogens with zero attached hydrogens (tertiary/aromatic N) is 1. The Labute approximate surface area is 141 Å². The number of fused-ring (bicyclic) bond motifs is 1. The molecule has 124 valence electrons. The number of pyridine rings is 1. The van der Waals surface area contributed by atoms with Crippen LogP contribution in [-0.4, -0.2) is 25.1 Å². The van der Waals surface area contributed by atoms with Crippen LogP contribution < -0.4 is 4.72 Å². The Balaban J connectivity index is 2.00. The van der Waals surface area contributed by atoms with E-state index in [0.29, 0.717) is 17.3 Å². The van der Waals surface area contributed by atoms with Gasteiger partial charge in [-0.2, -0.15) is 0 Å². The lowest BCUT2D eigenvalue weighted by Crippen LogP contribution is -2.29. The summed E-state index contributed by atoms with van der Waals surface area (Å²) in [6.45, 7) is -0.112. The molecule has 3 rings (SSSR count). The number of benzene rings is 2. The Bertz CT molecular complexity index is 922. The lowest BCUT2D eigenvalue weighted by Gasteiger charge is -2.19. The van der Waals surface area contributed by atoms with Crippen molar-refractivity contribution >= 4 is 20.9 Å². The predicted molar refractivity (Wildman–Crippen MR) is 93.0 cm³/mol. The molecule has 2 N–H and O–H groups in total. The minimum Gasteiger partial charge on any atom is -0.396 e. The Hall–Kier alpha value is -2.28. The lowest BCUT2D eigenvalue weighted by atomic mass is 10.1. The molecule has 1 heterocycles. The fraction of sp³-hybridized carbons (Fsp3) is 0.167. The van der Waals surface area contributed by atoms with Gasteiger partial charge in [-0.25, -0.2) is 13.1 Å². The Morgan fingerprint density at radius 3 is 2.54 bits per heavy atom. The van der Waals surface area contributed by atoms with Crippen molar-refractivity contribution in [1.82, 2.24) is 9.71 Å². The summed E-state index contributed by atoms with van der Waals surface area (Å²) < 4.78 is 28.5. The number of aliphatic hydroxyl groups excluding tert-OH is 1. The van der Waals surface area contributed by atoms with E-state index in [2.05, 4.69) is 9.71 Å². The first kappa shape index (κ1) is 16.6. The van der Waals surface area contributed by atoms with Gasteiger partial charge >= 0.3 is 0 Å². The highest BCUT2D eigenvalue weighted by molar-refractivity contribution is 7.89. The van der Waals surface area contributed by atoms with Crippen LogP contribution in [0.15, 0.2) is 71.8 Å². The second-order valence-electron chi connectivity index (χ2n) is 5.42. The molecule has 0 aliphatic heterocycles. The molecule has 24 heavy (non-hydrogen) atoms. The maximum Gasteiger partial charge on any atom is 0.241 e. The highest BCUT2D eigenvalue weighted by Gasteiger charge is 2.23. The van der Waals surface area contributed by atoms with E-state index in [1.54, 1.807) is 36.5 Å². The van der Waals surface area contributed by atoms with Gasteiger partial charge in [-0.05, 0) is 36.2 Å². The molecule has 5 nitrogen and oxygen atoms in total. The summed E-state index contributed by atoms with van der Waals surface area (Å²) in [5, 5.41) is 9.86. The van der Waals surface area contributed by atoms with Crippen LogP contribution in [0.2, 0.25) is 0 Å². The maximum absolute atomic E-state index is 12.9. The summed E-state index contributed by atoms with van der Waals surface area (Å²) in [4.78, 5) is 4.38. The second kappa shape index (κ2) is 7.09. The number of rotatable bonds is 6. The number of aromatic nitrogens is 1. The van der Waals surface area contributed by atoms with E-state index < -0.39 is 16.1 Å². The number of hydrogen-bond acceptors (Lipinski definition) is 4. The van der Waals surface area contributed by atoms with Crippen LogP contribution in [0.3, 0.4) is 0 Å². The second-order valence-corrected chi connectivity index (χ2v) is 7.11. The van der Waals surface area contributed by atoms with Gasteiger partial charge in [0.1, 0.15) is 0 Å². The van der Waals surface area contributed by atoms with E-state index in [0.717, 1.165) is 5.56 Å². The Kier molecular flexibility index (Phi) is 4.89. The summed E-state index contributed by atoms with van der Waals surface area (Å²) >= 11 is 0. The summed E-state index contributed by atoms with van der Waals surface area (Å²) in [7, 11) is -3.76. The van der Waals surface area contributed by atoms with Crippen LogP contribution in [0.1, 0.15) is 18.0 Å². The quantitative estimate of drug-likeness (QED) is 0.722. The van der Waals surface area contributed by atoms with E-state index in [1.165, 1.54) is 0 Å². The van der Waals surface area contributed by atoms with Gasteiger partial charge < -0.3 is 5.11 Å². The van der Waals surface area contributed by atoms with Crippen molar-refractivity contribution in [3.8, 4) is 0 Å². The van der Waals surface area contributed by atoms with Crippen molar-refractivity contribution in [3.05, 3.63) is 72.4 Å². The van der Waals surface area contributed by atoms with E-state index in [-0.39, 0.29) is 11.5 Å². The van der Waals surface area contributed by atoms with Crippen LogP contribution in [-0.2, 0) is 10.0 Å². The summed E-state index contributed by atoms with van der Waals surface area (Å²) in [5.41, 5.74) is 1.44. The van der Waals surface area contributed by atoms with Crippen molar-refractivity contribution in [1.29, 1.82) is 0 Å². The first-order valence-electron chi connectivity index (χ1n) is 7.64. The molecule has 0 radical (unpaired) electrons. The normalized spacial score (nSPS) is 13.0. The zero-order valence-electron chi connectivity index (χ0n) is 13.0. The third-order valence-corrected chi connectivity index (χ3v) is 5.34. The molecule has 6 heteroatoms. The van der Waals surface area contributed by atoms with Crippen LogP contribution >= 0.6 is 0 Å². The highest BCUT2D eigenvalue weighted by atomic mass is 32.2. The average Bonchev–Trinajstić information content (AvgIpc) is 2.61. The number of sulfonamides is 1. The molecule has 2 aromatic carbocycles. The summed E-state index contributed by atoms with van der Waals surface area (Å²) in [6.07, 6.45) is 1.93. The molecular formula is C18H18N2O3S. The molecule has 0 saturated heterocycles. The van der Waals surface area contributed by atoms with Crippen molar-refractivity contribution in [2.75, 3.05) is 6.61 Å². The molecular weight excluding hydrogens is 324 g/mol. The minimum atomic E-state index is -3.76. The first-order valence-corrected chi connectivity index (χ1v) is 9.12. The Morgan fingerprint density at radius 2 is 1.79 bits per heavy atom. The first-order chi connectivity index (χ1) is 11.6. The largest absolute Gasteiger partial charge is 0.396 e. The van der Waals surface area contributed by atoms with Gasteiger partial charge in [0.05, 0.1) is 10.4 Å². The van der Waals surface area contributed by atoms with Crippen LogP contribution in [0.25, 0.3) is 10.9 Å². The maximum atomic E-state index is 12.9. The smallest absolute Gasteiger partial charge is 0.241 e. The zero-order valence-corrected chi connectivity index (χ0v) is 13.8. The molecule has 0 fully saturated rings. The molecule has 0 amide bonds. The molecule has 1 aromatic heterocycles. The van der Waals surface area contributed by atoms with Gasteiger partial charge in [0, 0.05) is 24.2 Å². The Morgan fingerprint density at radius 1 is 1.00 bits per heavy atom. The van der Waals surface area contributed by atoms with E-state index in [1.807, 2.05) is 30.3 Å². The SMILES string of the molecule is O=S(=O)(N[C@H](CCO)c1ccccc1)c1cccc2ncccc12. The van der Waals surface area contributed by atoms with Gasteiger partial charge in [0.15, 0.2) is 0 Å². The third-order valence-electron chi connectivity index (χ3n) is 3.81. The fourth-order valence-corrected chi connectivity index (χ4v) is 4.14. The van der Waals surface area contributed by atoms with Gasteiger partial charge in [0.2, 0.25) is 10.0 Å². The molecule has 0 spiro atoms. The van der Waals surface area contributed by atoms with Gasteiger partial charge in [-0.1, -0.05) is 36.4 Å². The van der Waals surface area contributed by atoms with Gasteiger partial charge in [-0.3, -0.25) is 4.98 Å². The molecule has 0 saturated carbocycles. The standard InChI is InChI=1S/C18H18N2O3S/c21-13-11-16(14-6-2-1-3-7-14)20-24(22,23)18-10-4-9-17-15(18)8-5-12-19-17/h1-10,12,16,20-21H,11,13H2/t16-/m1/s1. The topological polar surface area (TPSA) is 79.3 Å². The molecule has 0 aliphatic rings. The van der Waals surface area contributed by atoms with Crippen LogP contribution in [0.4, 0.5) is 0 Å². The van der Waals surface area contributed by atoms with Crippen molar-refractivity contribution in [3.63, 3.8) is 0 Å². The molecule has 1 atom stereocenters. The summed E-state index contributed by atoms with van der Waals surface area (Å²) in [6, 6.07) is 17.2. The van der Waals surface area contributed by atoms with Crippen LogP contribution in [0, 0.1) is 0 Å². The van der Waals surface area contributed by atoms with Gasteiger partial charge in [-0.15, -0.1) is 0 Å². The molecule has 0 unspecified atom stereocenters. The van der Waals surface area contributed by atoms with Crippen molar-refractivity contribution < 1.29 is 13.5 Å². The molecule has 0 aliphatic carbocycles. The third kappa shape index (κ3) is 3.46. The number of hydrogen-bond donors (Lipinski definition) is 2. The van der Waals surface area contributed by atoms with E-state index >= 15 is 0 Å². The summed E-state index contributed by atoms with van der Waals surface area (Å²) in [5.74, 6) is 0. The monoisotopic (exact) mass is 342 g/mol. The van der Waals surface area contributed by atoms with Crippen molar-refractivity contribution in [2.45, 2.75) is 17.4 Å². The highest BCUT2D eigenvalue weighted by Crippen LogP contribution is 2.24. The fourth-order valence-electron chi connectivity index (χ4n) is 2.67. The minimum absolute atomic E-state index is 0.112. The van der Waals surface area contributed by atoms with E-state index in [9.17, 15) is 13.5 Å². The number of aliphatic hydroxyl groups is 1. The number of nitrogens with one attached hydrogen (secondary N) is 1. The predicted octanol–water partition coefficient (Wildman–Crippen LogP) is 2.64. The van der Waals surface area contributed by atoms with Crippen LogP contribution in [0.5, 0.6) is 0 Å². The average molecular weight is 342 g/mol. The molecule has 3 aromatic rings. The lowest BCUT2D eigenvalue weighted by molar-refractivity contribution is 0.272. The molecule has 0 bridgehead atoms.